The molecule has 0 radical (unpaired) electrons. The first-order valence-electron chi connectivity index (χ1n) is 11.0. The molecule has 3 rings (SSSR count). The van der Waals surface area contributed by atoms with Crippen molar-refractivity contribution in [2.24, 2.45) is 11.8 Å². The second kappa shape index (κ2) is 10.9. The molecule has 0 spiro atoms. The zero-order valence-electron chi connectivity index (χ0n) is 16.6. The van der Waals surface area contributed by atoms with Gasteiger partial charge < -0.3 is 4.74 Å². The molecule has 1 aromatic carbocycles. The van der Waals surface area contributed by atoms with Crippen LogP contribution in [0.5, 0.6) is 0 Å². The van der Waals surface area contributed by atoms with Crippen LogP contribution in [0.2, 0.25) is 23.2 Å². The van der Waals surface area contributed by atoms with Crippen molar-refractivity contribution in [1.29, 1.82) is 0 Å². The Morgan fingerprint density at radius 2 is 1.54 bits per heavy atom. The average Bonchev–Trinajstić information content (AvgIpc) is 2.69. The lowest BCUT2D eigenvalue weighted by atomic mass is 9.76. The maximum Gasteiger partial charge on any atom is 0.0459 e. The minimum absolute atomic E-state index is 0.392. The molecule has 0 amide bonds. The van der Waals surface area contributed by atoms with E-state index in [4.69, 9.17) is 16.3 Å². The average molecular weight is 393 g/mol. The molecular formula is C23H37ClOSi. The van der Waals surface area contributed by atoms with Crippen LogP contribution in [0.3, 0.4) is 0 Å². The fraction of sp³-hybridized carbons (Fsp3) is 0.739. The third kappa shape index (κ3) is 6.39. The van der Waals surface area contributed by atoms with E-state index in [1.54, 1.807) is 24.9 Å². The summed E-state index contributed by atoms with van der Waals surface area (Å²) in [4.78, 5) is 0. The highest BCUT2D eigenvalue weighted by molar-refractivity contribution is 6.58. The number of benzene rings is 1. The van der Waals surface area contributed by atoms with Crippen LogP contribution in [0, 0.1) is 11.8 Å². The van der Waals surface area contributed by atoms with Crippen LogP contribution in [0.4, 0.5) is 0 Å². The second-order valence-corrected chi connectivity index (χ2v) is 12.8. The summed E-state index contributed by atoms with van der Waals surface area (Å²) in [5.74, 6) is 2.82. The summed E-state index contributed by atoms with van der Waals surface area (Å²) in [5, 5.41) is 0.860. The Morgan fingerprint density at radius 3 is 2.15 bits per heavy atom. The van der Waals surface area contributed by atoms with Crippen LogP contribution in [0.15, 0.2) is 24.3 Å². The van der Waals surface area contributed by atoms with Crippen molar-refractivity contribution >= 4 is 20.4 Å². The lowest BCUT2D eigenvalue weighted by molar-refractivity contribution is 0.199. The van der Waals surface area contributed by atoms with Crippen molar-refractivity contribution in [2.45, 2.75) is 81.8 Å². The summed E-state index contributed by atoms with van der Waals surface area (Å²) in [6.45, 7) is 0.978. The molecule has 1 saturated heterocycles. The summed E-state index contributed by atoms with van der Waals surface area (Å²) in [6, 6.07) is 13.3. The van der Waals surface area contributed by atoms with Gasteiger partial charge in [0.1, 0.15) is 0 Å². The van der Waals surface area contributed by atoms with Gasteiger partial charge in [0.15, 0.2) is 0 Å². The van der Waals surface area contributed by atoms with Gasteiger partial charge in [-0.1, -0.05) is 67.5 Å². The largest absolute Gasteiger partial charge is 0.385 e. The van der Waals surface area contributed by atoms with Crippen molar-refractivity contribution in [2.75, 3.05) is 13.7 Å². The molecule has 1 aromatic rings. The van der Waals surface area contributed by atoms with Crippen LogP contribution in [0.1, 0.15) is 69.3 Å². The number of ether oxygens (including phenoxy) is 1. The van der Waals surface area contributed by atoms with Crippen molar-refractivity contribution in [3.63, 3.8) is 0 Å². The van der Waals surface area contributed by atoms with Gasteiger partial charge in [-0.3, -0.25) is 0 Å². The molecule has 1 saturated carbocycles. The lowest BCUT2D eigenvalue weighted by Crippen LogP contribution is -2.22. The minimum atomic E-state index is -0.392. The summed E-state index contributed by atoms with van der Waals surface area (Å²) >= 11 is 6.03. The number of hydrogen-bond acceptors (Lipinski definition) is 1. The number of halogens is 1. The minimum Gasteiger partial charge on any atom is -0.385 e. The third-order valence-electron chi connectivity index (χ3n) is 7.10. The quantitative estimate of drug-likeness (QED) is 0.339. The van der Waals surface area contributed by atoms with Crippen molar-refractivity contribution in [3.8, 4) is 0 Å². The fourth-order valence-corrected chi connectivity index (χ4v) is 8.94. The standard InChI is InChI=1S/C23H37ClOSi/c1-25-15-2-16-26-17-13-20(14-18-26)4-3-19-5-7-21(8-6-19)22-9-11-23(24)12-10-22/h9-12,19-21,26H,2-8,13-18H2,1H3/t19-,20?,21-,26?. The van der Waals surface area contributed by atoms with Gasteiger partial charge >= 0.3 is 0 Å². The molecular weight excluding hydrogens is 356 g/mol. The molecule has 3 heteroatoms. The molecule has 1 nitrogen and oxygen atoms in total. The van der Waals surface area contributed by atoms with E-state index >= 15 is 0 Å². The molecule has 0 bridgehead atoms. The Kier molecular flexibility index (Phi) is 8.54. The first kappa shape index (κ1) is 20.4. The summed E-state index contributed by atoms with van der Waals surface area (Å²) in [7, 11) is 1.44. The predicted octanol–water partition coefficient (Wildman–Crippen LogP) is 7.07. The molecule has 26 heavy (non-hydrogen) atoms. The zero-order valence-corrected chi connectivity index (χ0v) is 18.5. The van der Waals surface area contributed by atoms with Gasteiger partial charge in [0, 0.05) is 27.5 Å². The predicted molar refractivity (Wildman–Crippen MR) is 116 cm³/mol. The normalized spacial score (nSPS) is 29.6. The number of rotatable bonds is 8. The van der Waals surface area contributed by atoms with E-state index in [1.807, 2.05) is 7.11 Å². The second-order valence-electron chi connectivity index (χ2n) is 8.87. The summed E-state index contributed by atoms with van der Waals surface area (Å²) in [5.41, 5.74) is 1.50. The topological polar surface area (TPSA) is 9.23 Å². The van der Waals surface area contributed by atoms with E-state index < -0.39 is 8.80 Å². The van der Waals surface area contributed by atoms with E-state index in [-0.39, 0.29) is 0 Å². The first-order chi connectivity index (χ1) is 12.7. The highest BCUT2D eigenvalue weighted by Gasteiger charge is 2.25. The molecule has 2 fully saturated rings. The molecule has 0 unspecified atom stereocenters. The van der Waals surface area contributed by atoms with Crippen LogP contribution in [0.25, 0.3) is 0 Å². The van der Waals surface area contributed by atoms with Crippen molar-refractivity contribution in [1.82, 2.24) is 0 Å². The van der Waals surface area contributed by atoms with Crippen molar-refractivity contribution in [3.05, 3.63) is 34.9 Å². The molecule has 1 aliphatic heterocycles. The van der Waals surface area contributed by atoms with Crippen LogP contribution in [-0.2, 0) is 4.74 Å². The Hall–Kier alpha value is -0.313. The van der Waals surface area contributed by atoms with E-state index in [2.05, 4.69) is 24.3 Å². The van der Waals surface area contributed by atoms with E-state index in [1.165, 1.54) is 56.6 Å². The molecule has 146 valence electrons. The van der Waals surface area contributed by atoms with Gasteiger partial charge in [-0.15, -0.1) is 0 Å². The Labute approximate surface area is 167 Å². The summed E-state index contributed by atoms with van der Waals surface area (Å²) in [6.07, 6.45) is 13.0. The third-order valence-corrected chi connectivity index (χ3v) is 10.9. The van der Waals surface area contributed by atoms with Gasteiger partial charge in [0.25, 0.3) is 0 Å². The lowest BCUT2D eigenvalue weighted by Gasteiger charge is -2.32. The van der Waals surface area contributed by atoms with E-state index in [9.17, 15) is 0 Å². The number of methoxy groups -OCH3 is 1. The molecule has 1 aliphatic carbocycles. The number of hydrogen-bond donors (Lipinski definition) is 0. The molecule has 1 heterocycles. The van der Waals surface area contributed by atoms with Gasteiger partial charge in [-0.2, -0.15) is 0 Å². The SMILES string of the molecule is COCCC[SiH]1CCC(CC[C@H]2CC[C@H](c3ccc(Cl)cc3)CC2)CC1. The Bertz CT molecular complexity index is 501. The first-order valence-corrected chi connectivity index (χ1v) is 13.8. The maximum absolute atomic E-state index is 6.03. The van der Waals surface area contributed by atoms with Gasteiger partial charge in [0.05, 0.1) is 0 Å². The monoisotopic (exact) mass is 392 g/mol. The van der Waals surface area contributed by atoms with E-state index in [0.717, 1.165) is 29.4 Å². The van der Waals surface area contributed by atoms with Gasteiger partial charge in [0.2, 0.25) is 0 Å². The zero-order chi connectivity index (χ0) is 18.2. The molecule has 0 atom stereocenters. The molecule has 0 N–H and O–H groups in total. The van der Waals surface area contributed by atoms with Crippen LogP contribution in [-0.4, -0.2) is 22.5 Å². The van der Waals surface area contributed by atoms with E-state index in [0.29, 0.717) is 0 Å². The molecule has 0 aromatic heterocycles. The fourth-order valence-electron chi connectivity index (χ4n) is 5.32. The highest BCUT2D eigenvalue weighted by Crippen LogP contribution is 2.39. The summed E-state index contributed by atoms with van der Waals surface area (Å²) < 4.78 is 5.22. The highest BCUT2D eigenvalue weighted by atomic mass is 35.5. The smallest absolute Gasteiger partial charge is 0.0459 e. The van der Waals surface area contributed by atoms with Crippen LogP contribution >= 0.6 is 11.6 Å². The van der Waals surface area contributed by atoms with Crippen molar-refractivity contribution < 1.29 is 4.74 Å². The van der Waals surface area contributed by atoms with Crippen LogP contribution < -0.4 is 0 Å². The van der Waals surface area contributed by atoms with Gasteiger partial charge in [-0.25, -0.2) is 0 Å². The Morgan fingerprint density at radius 1 is 0.923 bits per heavy atom. The van der Waals surface area contributed by atoms with Gasteiger partial charge in [-0.05, 0) is 67.6 Å². The maximum atomic E-state index is 6.03. The molecule has 2 aliphatic rings. The Balaban J connectivity index is 1.30.